The zero-order valence-electron chi connectivity index (χ0n) is 14.5. The smallest absolute Gasteiger partial charge is 0.340 e. The van der Waals surface area contributed by atoms with Gasteiger partial charge < -0.3 is 14.8 Å². The fourth-order valence-corrected chi connectivity index (χ4v) is 3.05. The van der Waals surface area contributed by atoms with Crippen molar-refractivity contribution in [3.05, 3.63) is 70.7 Å². The van der Waals surface area contributed by atoms with Crippen LogP contribution in [0.15, 0.2) is 65.1 Å². The molecule has 0 bridgehead atoms. The van der Waals surface area contributed by atoms with Crippen molar-refractivity contribution in [1.29, 1.82) is 0 Å². The largest absolute Gasteiger partial charge is 0.494 e. The van der Waals surface area contributed by atoms with E-state index >= 15 is 0 Å². The van der Waals surface area contributed by atoms with Gasteiger partial charge in [-0.2, -0.15) is 0 Å². The first-order chi connectivity index (χ1) is 12.7. The molecule has 0 heterocycles. The summed E-state index contributed by atoms with van der Waals surface area (Å²) < 4.78 is 11.5. The summed E-state index contributed by atoms with van der Waals surface area (Å²) in [4.78, 5) is 11.9. The van der Waals surface area contributed by atoms with E-state index in [1.165, 1.54) is 17.9 Å². The molecule has 26 heavy (non-hydrogen) atoms. The normalized spacial score (nSPS) is 10.5. The van der Waals surface area contributed by atoms with Crippen molar-refractivity contribution in [2.24, 2.45) is 0 Å². The lowest BCUT2D eigenvalue weighted by Gasteiger charge is -2.12. The van der Waals surface area contributed by atoms with Crippen LogP contribution in [0.1, 0.15) is 16.8 Å². The van der Waals surface area contributed by atoms with Gasteiger partial charge in [-0.25, -0.2) is 4.79 Å². The Bertz CT molecular complexity index is 911. The highest BCUT2D eigenvalue weighted by molar-refractivity contribution is 9.10. The van der Waals surface area contributed by atoms with Gasteiger partial charge in [-0.3, -0.25) is 0 Å². The number of methoxy groups -OCH3 is 1. The number of hydrogen-bond acceptors (Lipinski definition) is 4. The number of benzene rings is 3. The van der Waals surface area contributed by atoms with Crippen LogP contribution in [0.2, 0.25) is 0 Å². The quantitative estimate of drug-likeness (QED) is 0.423. The molecule has 3 rings (SSSR count). The third kappa shape index (κ3) is 4.55. The molecule has 0 unspecified atom stereocenters. The number of carbonyl (C=O) groups excluding carboxylic acids is 1. The Balaban J connectivity index is 1.52. The molecule has 0 fully saturated rings. The molecule has 3 aromatic carbocycles. The van der Waals surface area contributed by atoms with Crippen LogP contribution in [0.5, 0.6) is 5.75 Å². The highest BCUT2D eigenvalue weighted by atomic mass is 79.9. The molecule has 0 aromatic heterocycles. The Morgan fingerprint density at radius 3 is 2.65 bits per heavy atom. The van der Waals surface area contributed by atoms with Gasteiger partial charge in [0.2, 0.25) is 0 Å². The Morgan fingerprint density at radius 2 is 1.85 bits per heavy atom. The average molecular weight is 414 g/mol. The van der Waals surface area contributed by atoms with E-state index in [0.29, 0.717) is 18.7 Å². The second-order valence-electron chi connectivity index (χ2n) is 5.82. The minimum Gasteiger partial charge on any atom is -0.494 e. The standard InChI is InChI=1S/C21H20BrNO3/c1-25-21(24)19-14-17(22)8-10-20(19)23-11-4-12-26-18-9-7-15-5-2-3-6-16(15)13-18/h2-3,5-10,13-14,23H,4,11-12H2,1H3. The molecular formula is C21H20BrNO3. The first kappa shape index (κ1) is 18.3. The van der Waals surface area contributed by atoms with Gasteiger partial charge in [-0.1, -0.05) is 46.3 Å². The van der Waals surface area contributed by atoms with Gasteiger partial charge in [0.15, 0.2) is 0 Å². The molecule has 134 valence electrons. The molecule has 0 aliphatic rings. The molecule has 0 aliphatic carbocycles. The monoisotopic (exact) mass is 413 g/mol. The number of halogens is 1. The van der Waals surface area contributed by atoms with Gasteiger partial charge in [0.25, 0.3) is 0 Å². The Kier molecular flexibility index (Phi) is 6.12. The lowest BCUT2D eigenvalue weighted by Crippen LogP contribution is -2.11. The molecule has 5 heteroatoms. The zero-order chi connectivity index (χ0) is 18.4. The summed E-state index contributed by atoms with van der Waals surface area (Å²) in [5.74, 6) is 0.504. The molecule has 0 saturated heterocycles. The number of ether oxygens (including phenoxy) is 2. The summed E-state index contributed by atoms with van der Waals surface area (Å²) in [5, 5.41) is 5.64. The van der Waals surface area contributed by atoms with E-state index in [2.05, 4.69) is 39.4 Å². The summed E-state index contributed by atoms with van der Waals surface area (Å²) in [7, 11) is 1.38. The van der Waals surface area contributed by atoms with Crippen molar-refractivity contribution in [2.45, 2.75) is 6.42 Å². The first-order valence-corrected chi connectivity index (χ1v) is 9.20. The van der Waals surface area contributed by atoms with Gasteiger partial charge >= 0.3 is 5.97 Å². The van der Waals surface area contributed by atoms with Crippen LogP contribution in [0, 0.1) is 0 Å². The van der Waals surface area contributed by atoms with Gasteiger partial charge in [-0.05, 0) is 47.5 Å². The Labute approximate surface area is 161 Å². The Morgan fingerprint density at radius 1 is 1.04 bits per heavy atom. The number of hydrogen-bond donors (Lipinski definition) is 1. The summed E-state index contributed by atoms with van der Waals surface area (Å²) >= 11 is 3.37. The third-order valence-electron chi connectivity index (χ3n) is 4.01. The van der Waals surface area contributed by atoms with Crippen molar-refractivity contribution in [3.8, 4) is 5.75 Å². The number of carbonyl (C=O) groups is 1. The predicted molar refractivity (Wildman–Crippen MR) is 108 cm³/mol. The van der Waals surface area contributed by atoms with Crippen molar-refractivity contribution in [2.75, 3.05) is 25.6 Å². The number of fused-ring (bicyclic) bond motifs is 1. The van der Waals surface area contributed by atoms with Crippen LogP contribution in [0.25, 0.3) is 10.8 Å². The fourth-order valence-electron chi connectivity index (χ4n) is 2.69. The lowest BCUT2D eigenvalue weighted by molar-refractivity contribution is 0.0601. The summed E-state index contributed by atoms with van der Waals surface area (Å²) in [6.45, 7) is 1.29. The molecule has 1 N–H and O–H groups in total. The predicted octanol–water partition coefficient (Wildman–Crippen LogP) is 5.27. The van der Waals surface area contributed by atoms with Crippen LogP contribution < -0.4 is 10.1 Å². The topological polar surface area (TPSA) is 47.6 Å². The van der Waals surface area contributed by atoms with Crippen LogP contribution in [-0.2, 0) is 4.74 Å². The minimum atomic E-state index is -0.360. The highest BCUT2D eigenvalue weighted by Gasteiger charge is 2.12. The van der Waals surface area contributed by atoms with E-state index in [-0.39, 0.29) is 5.97 Å². The SMILES string of the molecule is COC(=O)c1cc(Br)ccc1NCCCOc1ccc2ccccc2c1. The van der Waals surface area contributed by atoms with Crippen LogP contribution in [0.3, 0.4) is 0 Å². The first-order valence-electron chi connectivity index (χ1n) is 8.41. The second-order valence-corrected chi connectivity index (χ2v) is 6.73. The minimum absolute atomic E-state index is 0.360. The number of esters is 1. The van der Waals surface area contributed by atoms with E-state index in [1.54, 1.807) is 6.07 Å². The average Bonchev–Trinajstić information content (AvgIpc) is 2.68. The van der Waals surface area contributed by atoms with E-state index in [1.807, 2.05) is 36.4 Å². The lowest BCUT2D eigenvalue weighted by atomic mass is 10.1. The maximum Gasteiger partial charge on any atom is 0.340 e. The van der Waals surface area contributed by atoms with E-state index in [4.69, 9.17) is 9.47 Å². The molecule has 4 nitrogen and oxygen atoms in total. The van der Waals surface area contributed by atoms with E-state index in [0.717, 1.165) is 22.3 Å². The molecular weight excluding hydrogens is 394 g/mol. The fraction of sp³-hybridized carbons (Fsp3) is 0.190. The van der Waals surface area contributed by atoms with Crippen LogP contribution in [0.4, 0.5) is 5.69 Å². The number of anilines is 1. The number of nitrogens with one attached hydrogen (secondary N) is 1. The second kappa shape index (κ2) is 8.72. The highest BCUT2D eigenvalue weighted by Crippen LogP contribution is 2.22. The third-order valence-corrected chi connectivity index (χ3v) is 4.51. The molecule has 0 radical (unpaired) electrons. The maximum atomic E-state index is 11.9. The summed E-state index contributed by atoms with van der Waals surface area (Å²) in [5.41, 5.74) is 1.27. The maximum absolute atomic E-state index is 11.9. The molecule has 3 aromatic rings. The van der Waals surface area contributed by atoms with Crippen molar-refractivity contribution in [1.82, 2.24) is 0 Å². The van der Waals surface area contributed by atoms with E-state index < -0.39 is 0 Å². The van der Waals surface area contributed by atoms with Gasteiger partial charge in [0.1, 0.15) is 5.75 Å². The molecule has 0 aliphatic heterocycles. The van der Waals surface area contributed by atoms with Crippen molar-refractivity contribution in [3.63, 3.8) is 0 Å². The van der Waals surface area contributed by atoms with Crippen LogP contribution >= 0.6 is 15.9 Å². The zero-order valence-corrected chi connectivity index (χ0v) is 16.1. The van der Waals surface area contributed by atoms with Crippen molar-refractivity contribution < 1.29 is 14.3 Å². The molecule has 0 atom stereocenters. The van der Waals surface area contributed by atoms with Crippen LogP contribution in [-0.4, -0.2) is 26.2 Å². The molecule has 0 saturated carbocycles. The van der Waals surface area contributed by atoms with Gasteiger partial charge in [0, 0.05) is 16.7 Å². The summed E-state index contributed by atoms with van der Waals surface area (Å²) in [6.07, 6.45) is 0.809. The van der Waals surface area contributed by atoms with Gasteiger partial charge in [-0.15, -0.1) is 0 Å². The van der Waals surface area contributed by atoms with Crippen molar-refractivity contribution >= 4 is 38.4 Å². The van der Waals surface area contributed by atoms with E-state index in [9.17, 15) is 4.79 Å². The summed E-state index contributed by atoms with van der Waals surface area (Å²) in [6, 6.07) is 19.8. The molecule has 0 spiro atoms. The Hall–Kier alpha value is -2.53. The molecule has 0 amide bonds. The van der Waals surface area contributed by atoms with Gasteiger partial charge in [0.05, 0.1) is 19.3 Å². The number of rotatable bonds is 7.